The molecule has 6 rings (SSSR count). The molecule has 0 amide bonds. The third-order valence-corrected chi connectivity index (χ3v) is 8.14. The van der Waals surface area contributed by atoms with Gasteiger partial charge in [0.15, 0.2) is 5.82 Å². The van der Waals surface area contributed by atoms with Crippen molar-refractivity contribution < 1.29 is 28.8 Å². The van der Waals surface area contributed by atoms with Gasteiger partial charge < -0.3 is 24.1 Å². The van der Waals surface area contributed by atoms with Crippen LogP contribution in [0.3, 0.4) is 0 Å². The summed E-state index contributed by atoms with van der Waals surface area (Å²) in [6.45, 7) is 8.11. The standard InChI is InChI=1S/C32H36N4O6/c1-4-41-31-26(32(37)38)15-33-36(31)28-10-6-9-27(34-28)25-8-5-7-20(2)29(25)42-17-22-12-11-21-16-35(23-18-40-19-23)14-13-24(21)30(22)39-3/h6,8-12,15,23H,4-5,7,13-14,16-19H2,1-3H3,(H,37,38). The highest BCUT2D eigenvalue weighted by Crippen LogP contribution is 2.37. The van der Waals surface area contributed by atoms with Crippen LogP contribution in [0.15, 0.2) is 53.9 Å². The molecular formula is C32H36N4O6. The molecule has 220 valence electrons. The fourth-order valence-corrected chi connectivity index (χ4v) is 5.86. The average molecular weight is 573 g/mol. The average Bonchev–Trinajstić information content (AvgIpc) is 3.39. The minimum atomic E-state index is -1.10. The van der Waals surface area contributed by atoms with Crippen molar-refractivity contribution in [2.24, 2.45) is 0 Å². The van der Waals surface area contributed by atoms with Gasteiger partial charge in [0, 0.05) is 29.8 Å². The molecule has 1 saturated heterocycles. The second-order valence-electron chi connectivity index (χ2n) is 10.8. The van der Waals surface area contributed by atoms with Gasteiger partial charge in [0.25, 0.3) is 0 Å². The van der Waals surface area contributed by atoms with Gasteiger partial charge in [-0.1, -0.05) is 24.3 Å². The predicted octanol–water partition coefficient (Wildman–Crippen LogP) is 4.80. The van der Waals surface area contributed by atoms with E-state index in [0.717, 1.165) is 73.8 Å². The number of benzene rings is 1. The van der Waals surface area contributed by atoms with Gasteiger partial charge in [0.2, 0.25) is 5.88 Å². The predicted molar refractivity (Wildman–Crippen MR) is 156 cm³/mol. The van der Waals surface area contributed by atoms with Crippen LogP contribution in [0.25, 0.3) is 11.4 Å². The molecule has 0 spiro atoms. The van der Waals surface area contributed by atoms with Crippen LogP contribution in [0.5, 0.6) is 11.6 Å². The third-order valence-electron chi connectivity index (χ3n) is 8.14. The number of methoxy groups -OCH3 is 1. The van der Waals surface area contributed by atoms with E-state index in [1.54, 1.807) is 20.1 Å². The normalized spacial score (nSPS) is 17.4. The van der Waals surface area contributed by atoms with Gasteiger partial charge in [-0.05, 0) is 56.4 Å². The van der Waals surface area contributed by atoms with Crippen LogP contribution in [0.1, 0.15) is 59.4 Å². The molecule has 0 saturated carbocycles. The SMILES string of the molecule is CCOc1c(C(=O)O)cnn1-c1cccc(C2=CCCC(C)=C2OCc2ccc3c(c2OC)CCN(C2COC2)C3)n1. The van der Waals surface area contributed by atoms with E-state index in [4.69, 9.17) is 23.9 Å². The van der Waals surface area contributed by atoms with Crippen molar-refractivity contribution in [3.05, 3.63) is 81.9 Å². The number of aromatic nitrogens is 3. The van der Waals surface area contributed by atoms with E-state index < -0.39 is 5.97 Å². The maximum Gasteiger partial charge on any atom is 0.342 e. The molecule has 0 bridgehead atoms. The molecule has 4 heterocycles. The molecule has 3 aliphatic rings. The van der Waals surface area contributed by atoms with Crippen LogP contribution >= 0.6 is 0 Å². The van der Waals surface area contributed by atoms with Crippen LogP contribution in [-0.2, 0) is 29.0 Å². The van der Waals surface area contributed by atoms with Gasteiger partial charge in [0.1, 0.15) is 23.7 Å². The van der Waals surface area contributed by atoms with Crippen molar-refractivity contribution >= 4 is 11.5 Å². The quantitative estimate of drug-likeness (QED) is 0.367. The number of hydrogen-bond acceptors (Lipinski definition) is 8. The Kier molecular flexibility index (Phi) is 7.99. The maximum absolute atomic E-state index is 11.7. The second-order valence-corrected chi connectivity index (χ2v) is 10.8. The van der Waals surface area contributed by atoms with E-state index in [1.807, 2.05) is 12.1 Å². The number of nitrogens with zero attached hydrogens (tertiary/aromatic N) is 4. The van der Waals surface area contributed by atoms with Crippen molar-refractivity contribution in [3.63, 3.8) is 0 Å². The summed E-state index contributed by atoms with van der Waals surface area (Å²) < 4.78 is 25.0. The van der Waals surface area contributed by atoms with Crippen molar-refractivity contribution in [1.29, 1.82) is 0 Å². The summed E-state index contributed by atoms with van der Waals surface area (Å²) in [5.74, 6) is 1.23. The Bertz CT molecular complexity index is 1550. The lowest BCUT2D eigenvalue weighted by molar-refractivity contribution is -0.0695. The Morgan fingerprint density at radius 2 is 2.02 bits per heavy atom. The van der Waals surface area contributed by atoms with E-state index in [0.29, 0.717) is 30.8 Å². The van der Waals surface area contributed by atoms with Crippen LogP contribution in [0.4, 0.5) is 0 Å². The van der Waals surface area contributed by atoms with Gasteiger partial charge in [-0.3, -0.25) is 4.90 Å². The molecule has 1 aliphatic carbocycles. The van der Waals surface area contributed by atoms with Crippen LogP contribution in [0.2, 0.25) is 0 Å². The Morgan fingerprint density at radius 3 is 2.76 bits per heavy atom. The summed E-state index contributed by atoms with van der Waals surface area (Å²) in [6.07, 6.45) is 6.14. The van der Waals surface area contributed by atoms with Gasteiger partial charge >= 0.3 is 5.97 Å². The van der Waals surface area contributed by atoms with E-state index in [2.05, 4.69) is 35.1 Å². The van der Waals surface area contributed by atoms with E-state index in [9.17, 15) is 9.90 Å². The second kappa shape index (κ2) is 12.0. The Labute approximate surface area is 245 Å². The monoisotopic (exact) mass is 572 g/mol. The number of hydrogen-bond donors (Lipinski definition) is 1. The smallest absolute Gasteiger partial charge is 0.342 e. The van der Waals surface area contributed by atoms with E-state index in [-0.39, 0.29) is 11.4 Å². The minimum absolute atomic E-state index is 0.00976. The Hall–Kier alpha value is -4.15. The number of carboxylic acid groups (broad SMARTS) is 1. The molecule has 1 aromatic carbocycles. The first-order chi connectivity index (χ1) is 20.5. The van der Waals surface area contributed by atoms with Crippen molar-refractivity contribution in [2.75, 3.05) is 33.5 Å². The number of fused-ring (bicyclic) bond motifs is 1. The lowest BCUT2D eigenvalue weighted by Gasteiger charge is -2.40. The highest BCUT2D eigenvalue weighted by molar-refractivity contribution is 5.90. The lowest BCUT2D eigenvalue weighted by Crippen LogP contribution is -2.50. The zero-order valence-electron chi connectivity index (χ0n) is 24.3. The molecule has 1 N–H and O–H groups in total. The number of ether oxygens (including phenoxy) is 4. The number of rotatable bonds is 10. The van der Waals surface area contributed by atoms with Crippen molar-refractivity contribution in [2.45, 2.75) is 52.3 Å². The molecular weight excluding hydrogens is 536 g/mol. The first kappa shape index (κ1) is 28.0. The number of carbonyl (C=O) groups is 1. The molecule has 1 fully saturated rings. The summed E-state index contributed by atoms with van der Waals surface area (Å²) in [6, 6.07) is 10.4. The van der Waals surface area contributed by atoms with Crippen LogP contribution < -0.4 is 9.47 Å². The topological polar surface area (TPSA) is 108 Å². The molecule has 2 aliphatic heterocycles. The summed E-state index contributed by atoms with van der Waals surface area (Å²) >= 11 is 0. The first-order valence-corrected chi connectivity index (χ1v) is 14.4. The van der Waals surface area contributed by atoms with Gasteiger partial charge in [-0.2, -0.15) is 9.78 Å². The fourth-order valence-electron chi connectivity index (χ4n) is 5.86. The molecule has 3 aromatic rings. The summed E-state index contributed by atoms with van der Waals surface area (Å²) in [5, 5.41) is 13.8. The summed E-state index contributed by atoms with van der Waals surface area (Å²) in [7, 11) is 1.73. The number of pyridine rings is 1. The molecule has 2 aromatic heterocycles. The molecule has 0 radical (unpaired) electrons. The number of allylic oxidation sites excluding steroid dienone is 3. The number of aromatic carboxylic acids is 1. The van der Waals surface area contributed by atoms with Crippen molar-refractivity contribution in [3.8, 4) is 17.4 Å². The van der Waals surface area contributed by atoms with Gasteiger partial charge in [-0.15, -0.1) is 0 Å². The van der Waals surface area contributed by atoms with Crippen LogP contribution in [-0.4, -0.2) is 70.3 Å². The maximum atomic E-state index is 11.7. The lowest BCUT2D eigenvalue weighted by atomic mass is 9.94. The minimum Gasteiger partial charge on any atom is -0.496 e. The molecule has 0 unspecified atom stereocenters. The van der Waals surface area contributed by atoms with E-state index >= 15 is 0 Å². The fraction of sp³-hybridized carbons (Fsp3) is 0.406. The number of carboxylic acids is 1. The highest BCUT2D eigenvalue weighted by Gasteiger charge is 2.30. The largest absolute Gasteiger partial charge is 0.496 e. The molecule has 0 atom stereocenters. The Balaban J connectivity index is 1.25. The zero-order chi connectivity index (χ0) is 29.2. The molecule has 10 nitrogen and oxygen atoms in total. The van der Waals surface area contributed by atoms with Gasteiger partial charge in [-0.25, -0.2) is 9.78 Å². The van der Waals surface area contributed by atoms with E-state index in [1.165, 1.54) is 22.0 Å². The summed E-state index contributed by atoms with van der Waals surface area (Å²) in [5.41, 5.74) is 6.34. The molecule has 42 heavy (non-hydrogen) atoms. The highest BCUT2D eigenvalue weighted by atomic mass is 16.5. The first-order valence-electron chi connectivity index (χ1n) is 14.4. The Morgan fingerprint density at radius 1 is 1.17 bits per heavy atom. The molecule has 10 heteroatoms. The van der Waals surface area contributed by atoms with Gasteiger partial charge in [0.05, 0.1) is 44.9 Å². The third kappa shape index (κ3) is 5.28. The van der Waals surface area contributed by atoms with Crippen LogP contribution in [0, 0.1) is 0 Å². The zero-order valence-corrected chi connectivity index (χ0v) is 24.3. The van der Waals surface area contributed by atoms with Crippen molar-refractivity contribution in [1.82, 2.24) is 19.7 Å². The summed E-state index contributed by atoms with van der Waals surface area (Å²) in [4.78, 5) is 19.1.